The van der Waals surface area contributed by atoms with Crippen LogP contribution in [0.1, 0.15) is 41.4 Å². The van der Waals surface area contributed by atoms with Crippen LogP contribution in [-0.2, 0) is 0 Å². The number of rotatable bonds is 4. The van der Waals surface area contributed by atoms with Gasteiger partial charge >= 0.3 is 23.9 Å². The van der Waals surface area contributed by atoms with Crippen molar-refractivity contribution >= 4 is 48.7 Å². The molecule has 0 bridgehead atoms. The van der Waals surface area contributed by atoms with Crippen LogP contribution in [0.5, 0.6) is 0 Å². The largest absolute Gasteiger partial charge is 0.478 e. The van der Waals surface area contributed by atoms with E-state index in [0.717, 1.165) is 36.9 Å². The average molecular weight is 407 g/mol. The van der Waals surface area contributed by atoms with Crippen LogP contribution < -0.4 is 0 Å². The van der Waals surface area contributed by atoms with E-state index in [9.17, 15) is 19.2 Å². The van der Waals surface area contributed by atoms with Gasteiger partial charge in [0, 0.05) is 24.8 Å². The molecule has 4 N–H and O–H groups in total. The molecule has 0 amide bonds. The molecule has 2 rings (SSSR count). The zero-order chi connectivity index (χ0) is 18.3. The van der Waals surface area contributed by atoms with Gasteiger partial charge in [-0.15, -0.1) is 24.8 Å². The predicted octanol–water partition coefficient (Wildman–Crippen LogP) is 1.80. The molecule has 2 aromatic heterocycles. The van der Waals surface area contributed by atoms with Gasteiger partial charge in [0.05, 0.1) is 22.3 Å². The molecule has 140 valence electrons. The fraction of sp³-hybridized carbons (Fsp3) is 0. The van der Waals surface area contributed by atoms with Gasteiger partial charge in [-0.2, -0.15) is 0 Å². The lowest BCUT2D eigenvalue weighted by atomic mass is 10.2. The monoisotopic (exact) mass is 406 g/mol. The van der Waals surface area contributed by atoms with Crippen LogP contribution in [0.4, 0.5) is 0 Å². The molecule has 0 unspecified atom stereocenters. The number of aromatic carboxylic acids is 4. The van der Waals surface area contributed by atoms with Crippen LogP contribution in [0.25, 0.3) is 0 Å². The Labute approximate surface area is 158 Å². The van der Waals surface area contributed by atoms with E-state index < -0.39 is 23.9 Å². The number of halogens is 2. The number of aromatic nitrogens is 2. The second kappa shape index (κ2) is 11.3. The minimum Gasteiger partial charge on any atom is -0.478 e. The molecule has 0 fully saturated rings. The first kappa shape index (κ1) is 25.0. The summed E-state index contributed by atoms with van der Waals surface area (Å²) in [6.45, 7) is 0. The lowest BCUT2D eigenvalue weighted by molar-refractivity contribution is 0.0675. The highest BCUT2D eigenvalue weighted by atomic mass is 35.5. The first-order chi connectivity index (χ1) is 11.2. The van der Waals surface area contributed by atoms with E-state index in [2.05, 4.69) is 9.97 Å². The van der Waals surface area contributed by atoms with Crippen LogP contribution in [0.2, 0.25) is 0 Å². The number of hydrogen-bond acceptors (Lipinski definition) is 6. The van der Waals surface area contributed by atoms with Crippen LogP contribution in [0.15, 0.2) is 36.9 Å². The summed E-state index contributed by atoms with van der Waals surface area (Å²) >= 11 is 0. The van der Waals surface area contributed by atoms with E-state index in [-0.39, 0.29) is 47.1 Å². The molecule has 2 aromatic rings. The van der Waals surface area contributed by atoms with Crippen LogP contribution in [-0.4, -0.2) is 54.3 Å². The summed E-state index contributed by atoms with van der Waals surface area (Å²) in [5.74, 6) is -4.76. The first-order valence-electron chi connectivity index (χ1n) is 6.05. The summed E-state index contributed by atoms with van der Waals surface area (Å²) in [4.78, 5) is 48.3. The minimum atomic E-state index is -1.19. The fourth-order valence-corrected chi connectivity index (χ4v) is 1.35. The number of pyridine rings is 2. The highest BCUT2D eigenvalue weighted by Crippen LogP contribution is 2.02. The zero-order valence-electron chi connectivity index (χ0n) is 12.6. The van der Waals surface area contributed by atoms with Gasteiger partial charge in [0.15, 0.2) is 0 Å². The Morgan fingerprint density at radius 3 is 0.885 bits per heavy atom. The molecule has 0 radical (unpaired) electrons. The molecule has 26 heavy (non-hydrogen) atoms. The second-order valence-corrected chi connectivity index (χ2v) is 4.15. The molecule has 0 aromatic carbocycles. The van der Waals surface area contributed by atoms with Gasteiger partial charge in [0.25, 0.3) is 0 Å². The van der Waals surface area contributed by atoms with E-state index in [0.29, 0.717) is 0 Å². The van der Waals surface area contributed by atoms with Gasteiger partial charge in [-0.05, 0) is 12.1 Å². The van der Waals surface area contributed by atoms with Crippen molar-refractivity contribution in [1.29, 1.82) is 0 Å². The predicted molar refractivity (Wildman–Crippen MR) is 90.8 cm³/mol. The van der Waals surface area contributed by atoms with Gasteiger partial charge in [0.2, 0.25) is 0 Å². The summed E-state index contributed by atoms with van der Waals surface area (Å²) in [5.41, 5.74) is -0.519. The SMILES string of the molecule is Cl.Cl.O=C(O)c1cncc(C(=O)O)c1.O=C(O)c1cncc(C(=O)O)c1. The highest BCUT2D eigenvalue weighted by Gasteiger charge is 2.08. The third kappa shape index (κ3) is 7.55. The Bertz CT molecular complexity index is 687. The number of carboxylic acid groups (broad SMARTS) is 4. The maximum atomic E-state index is 10.3. The molecule has 0 saturated heterocycles. The summed E-state index contributed by atoms with van der Waals surface area (Å²) in [6, 6.07) is 2.11. The van der Waals surface area contributed by atoms with Crippen molar-refractivity contribution in [1.82, 2.24) is 9.97 Å². The van der Waals surface area contributed by atoms with E-state index in [1.807, 2.05) is 0 Å². The lowest BCUT2D eigenvalue weighted by Crippen LogP contribution is -2.02. The maximum Gasteiger partial charge on any atom is 0.337 e. The Balaban J connectivity index is 0. The smallest absolute Gasteiger partial charge is 0.337 e. The highest BCUT2D eigenvalue weighted by molar-refractivity contribution is 5.93. The molecule has 12 heteroatoms. The van der Waals surface area contributed by atoms with Crippen molar-refractivity contribution in [3.8, 4) is 0 Å². The molecule has 0 aliphatic rings. The van der Waals surface area contributed by atoms with Gasteiger partial charge in [-0.3, -0.25) is 9.97 Å². The van der Waals surface area contributed by atoms with Crippen LogP contribution in [0.3, 0.4) is 0 Å². The Kier molecular flexibility index (Phi) is 10.9. The zero-order valence-corrected chi connectivity index (χ0v) is 14.2. The third-order valence-corrected chi connectivity index (χ3v) is 2.46. The van der Waals surface area contributed by atoms with Gasteiger partial charge in [0.1, 0.15) is 0 Å². The van der Waals surface area contributed by atoms with E-state index >= 15 is 0 Å². The van der Waals surface area contributed by atoms with Gasteiger partial charge < -0.3 is 20.4 Å². The molecule has 10 nitrogen and oxygen atoms in total. The molecule has 0 atom stereocenters. The molecule has 0 aliphatic heterocycles. The van der Waals surface area contributed by atoms with Crippen LogP contribution >= 0.6 is 24.8 Å². The topological polar surface area (TPSA) is 175 Å². The first-order valence-corrected chi connectivity index (χ1v) is 6.05. The standard InChI is InChI=1S/2C7H5NO4.2ClH/c2*9-6(10)4-1-5(7(11)12)3-8-2-4;;/h2*1-3H,(H,9,10)(H,11,12);2*1H. The quantitative estimate of drug-likeness (QED) is 0.585. The minimum absolute atomic E-state index is 0. The second-order valence-electron chi connectivity index (χ2n) is 4.15. The summed E-state index contributed by atoms with van der Waals surface area (Å²) in [7, 11) is 0. The number of hydrogen-bond donors (Lipinski definition) is 4. The molecular weight excluding hydrogens is 395 g/mol. The summed E-state index contributed by atoms with van der Waals surface area (Å²) < 4.78 is 0. The Morgan fingerprint density at radius 2 is 0.731 bits per heavy atom. The average Bonchev–Trinajstić information content (AvgIpc) is 2.55. The van der Waals surface area contributed by atoms with Crippen LogP contribution in [0, 0.1) is 0 Å². The molecule has 0 spiro atoms. The van der Waals surface area contributed by atoms with Crippen molar-refractivity contribution in [2.75, 3.05) is 0 Å². The third-order valence-electron chi connectivity index (χ3n) is 2.46. The number of carboxylic acids is 4. The van der Waals surface area contributed by atoms with Crippen molar-refractivity contribution in [2.24, 2.45) is 0 Å². The maximum absolute atomic E-state index is 10.3. The summed E-state index contributed by atoms with van der Waals surface area (Å²) in [5, 5.41) is 33.8. The van der Waals surface area contributed by atoms with E-state index in [1.165, 1.54) is 0 Å². The van der Waals surface area contributed by atoms with Crippen molar-refractivity contribution in [3.63, 3.8) is 0 Å². The lowest BCUT2D eigenvalue weighted by Gasteiger charge is -1.94. The molecule has 0 aliphatic carbocycles. The van der Waals surface area contributed by atoms with Crippen molar-refractivity contribution in [2.45, 2.75) is 0 Å². The Hall–Kier alpha value is -3.24. The molecule has 2 heterocycles. The molecule has 0 saturated carbocycles. The van der Waals surface area contributed by atoms with E-state index in [4.69, 9.17) is 20.4 Å². The summed E-state index contributed by atoms with van der Waals surface area (Å²) in [6.07, 6.45) is 4.37. The van der Waals surface area contributed by atoms with E-state index in [1.54, 1.807) is 0 Å². The normalized spacial score (nSPS) is 8.62. The number of nitrogens with zero attached hydrogens (tertiary/aromatic N) is 2. The van der Waals surface area contributed by atoms with Crippen molar-refractivity contribution < 1.29 is 39.6 Å². The fourth-order valence-electron chi connectivity index (χ4n) is 1.35. The molecular formula is C14H12Cl2N2O8. The Morgan fingerprint density at radius 1 is 0.538 bits per heavy atom. The van der Waals surface area contributed by atoms with Gasteiger partial charge in [-0.1, -0.05) is 0 Å². The number of carbonyl (C=O) groups is 4. The van der Waals surface area contributed by atoms with Crippen molar-refractivity contribution in [3.05, 3.63) is 59.2 Å². The van der Waals surface area contributed by atoms with Gasteiger partial charge in [-0.25, -0.2) is 19.2 Å².